The van der Waals surface area contributed by atoms with Gasteiger partial charge in [-0.15, -0.1) is 11.3 Å². The fourth-order valence-corrected chi connectivity index (χ4v) is 3.86. The maximum atomic E-state index is 13.3. The second-order valence-corrected chi connectivity index (χ2v) is 7.21. The molecule has 4 rings (SSSR count). The van der Waals surface area contributed by atoms with Crippen molar-refractivity contribution < 1.29 is 8.78 Å². The van der Waals surface area contributed by atoms with Crippen LogP contribution in [0, 0.1) is 11.6 Å². The van der Waals surface area contributed by atoms with Gasteiger partial charge in [0.25, 0.3) is 5.56 Å². The van der Waals surface area contributed by atoms with Crippen molar-refractivity contribution in [2.45, 2.75) is 0 Å². The first kappa shape index (κ1) is 17.6. The Labute approximate surface area is 161 Å². The average Bonchev–Trinajstić information content (AvgIpc) is 3.10. The van der Waals surface area contributed by atoms with Crippen LogP contribution in [0.2, 0.25) is 0 Å². The van der Waals surface area contributed by atoms with Crippen LogP contribution in [0.25, 0.3) is 31.8 Å². The summed E-state index contributed by atoms with van der Waals surface area (Å²) >= 11 is 7.63. The van der Waals surface area contributed by atoms with Gasteiger partial charge in [-0.05, 0) is 35.4 Å². The Bertz CT molecular complexity index is 1230. The normalized spacial score (nSPS) is 11.9. The van der Waals surface area contributed by atoms with Gasteiger partial charge in [0.15, 0.2) is 17.5 Å². The molecule has 3 nitrogen and oxygen atoms in total. The summed E-state index contributed by atoms with van der Waals surface area (Å²) in [5.74, 6) is -1.75. The summed E-state index contributed by atoms with van der Waals surface area (Å²) in [6, 6.07) is 14.9. The summed E-state index contributed by atoms with van der Waals surface area (Å²) in [6.07, 6.45) is 1.42. The molecule has 4 aromatic rings. The first-order valence-corrected chi connectivity index (χ1v) is 9.12. The molecule has 0 saturated heterocycles. The van der Waals surface area contributed by atoms with E-state index in [9.17, 15) is 13.6 Å². The molecule has 0 fully saturated rings. The van der Waals surface area contributed by atoms with E-state index in [1.807, 2.05) is 30.3 Å². The van der Waals surface area contributed by atoms with Crippen LogP contribution in [-0.2, 0) is 0 Å². The zero-order valence-electron chi connectivity index (χ0n) is 13.7. The van der Waals surface area contributed by atoms with Crippen molar-refractivity contribution in [1.82, 2.24) is 9.97 Å². The van der Waals surface area contributed by atoms with Crippen LogP contribution in [0.5, 0.6) is 0 Å². The zero-order valence-corrected chi connectivity index (χ0v) is 15.2. The summed E-state index contributed by atoms with van der Waals surface area (Å²) in [7, 11) is 0. The molecule has 0 radical (unpaired) electrons. The van der Waals surface area contributed by atoms with Gasteiger partial charge in [-0.1, -0.05) is 48.0 Å². The quantitative estimate of drug-likeness (QED) is 0.481. The average molecular weight is 401 g/mol. The van der Waals surface area contributed by atoms with Crippen LogP contribution in [0.15, 0.2) is 59.4 Å². The van der Waals surface area contributed by atoms with Crippen LogP contribution < -0.4 is 5.56 Å². The van der Waals surface area contributed by atoms with E-state index in [0.29, 0.717) is 15.8 Å². The van der Waals surface area contributed by atoms with Crippen molar-refractivity contribution in [3.05, 3.63) is 88.0 Å². The van der Waals surface area contributed by atoms with E-state index in [1.165, 1.54) is 23.5 Å². The lowest BCUT2D eigenvalue weighted by Crippen LogP contribution is -2.09. The third-order valence-electron chi connectivity index (χ3n) is 3.92. The number of aromatic amines is 1. The number of rotatable bonds is 3. The van der Waals surface area contributed by atoms with Gasteiger partial charge < -0.3 is 4.98 Å². The molecule has 0 aliphatic heterocycles. The molecule has 0 atom stereocenters. The topological polar surface area (TPSA) is 45.8 Å². The van der Waals surface area contributed by atoms with Crippen LogP contribution in [-0.4, -0.2) is 9.97 Å². The highest BCUT2D eigenvalue weighted by Crippen LogP contribution is 2.31. The Kier molecular flexibility index (Phi) is 4.59. The first-order valence-electron chi connectivity index (χ1n) is 7.93. The minimum Gasteiger partial charge on any atom is -0.305 e. The fourth-order valence-electron chi connectivity index (χ4n) is 2.61. The van der Waals surface area contributed by atoms with E-state index >= 15 is 0 Å². The molecule has 1 N–H and O–H groups in total. The van der Waals surface area contributed by atoms with Gasteiger partial charge in [0.1, 0.15) is 4.83 Å². The second-order valence-electron chi connectivity index (χ2n) is 5.78. The Morgan fingerprint density at radius 2 is 1.85 bits per heavy atom. The molecule has 7 heteroatoms. The second kappa shape index (κ2) is 7.06. The molecule has 2 heterocycles. The largest absolute Gasteiger partial charge is 0.305 e. The molecule has 2 aromatic carbocycles. The molecule has 2 aromatic heterocycles. The van der Waals surface area contributed by atoms with Crippen LogP contribution in [0.4, 0.5) is 8.78 Å². The highest BCUT2D eigenvalue weighted by molar-refractivity contribution is 7.21. The van der Waals surface area contributed by atoms with Crippen LogP contribution in [0.3, 0.4) is 0 Å². The van der Waals surface area contributed by atoms with Crippen molar-refractivity contribution >= 4 is 44.3 Å². The highest BCUT2D eigenvalue weighted by atomic mass is 35.5. The summed E-state index contributed by atoms with van der Waals surface area (Å²) in [4.78, 5) is 20.9. The van der Waals surface area contributed by atoms with E-state index in [4.69, 9.17) is 11.6 Å². The monoisotopic (exact) mass is 400 g/mol. The first-order chi connectivity index (χ1) is 13.0. The van der Waals surface area contributed by atoms with Crippen molar-refractivity contribution in [2.75, 3.05) is 0 Å². The van der Waals surface area contributed by atoms with Gasteiger partial charge in [-0.25, -0.2) is 13.8 Å². The van der Waals surface area contributed by atoms with Gasteiger partial charge in [0.05, 0.1) is 10.4 Å². The van der Waals surface area contributed by atoms with E-state index in [-0.39, 0.29) is 16.4 Å². The molecule has 0 aliphatic carbocycles. The summed E-state index contributed by atoms with van der Waals surface area (Å²) in [5.41, 5.74) is 1.04. The summed E-state index contributed by atoms with van der Waals surface area (Å²) < 4.78 is 26.4. The Morgan fingerprint density at radius 1 is 1.07 bits per heavy atom. The van der Waals surface area contributed by atoms with E-state index in [1.54, 1.807) is 6.07 Å². The smallest absolute Gasteiger partial charge is 0.259 e. The van der Waals surface area contributed by atoms with Gasteiger partial charge >= 0.3 is 0 Å². The number of thiophene rings is 1. The number of hydrogen-bond donors (Lipinski definition) is 1. The Morgan fingerprint density at radius 3 is 2.59 bits per heavy atom. The third-order valence-corrected chi connectivity index (χ3v) is 5.29. The number of nitrogens with one attached hydrogen (secondary N) is 1. The summed E-state index contributed by atoms with van der Waals surface area (Å²) in [5, 5.41) is 0.592. The minimum absolute atomic E-state index is 0.120. The van der Waals surface area contributed by atoms with Gasteiger partial charge in [0, 0.05) is 4.88 Å². The lowest BCUT2D eigenvalue weighted by atomic mass is 10.2. The molecule has 0 amide bonds. The molecule has 0 unspecified atom stereocenters. The van der Waals surface area contributed by atoms with E-state index < -0.39 is 11.6 Å². The molecule has 134 valence electrons. The number of aromatic nitrogens is 2. The van der Waals surface area contributed by atoms with Gasteiger partial charge in [-0.3, -0.25) is 4.79 Å². The number of nitrogens with zero attached hydrogens (tertiary/aromatic N) is 1. The highest BCUT2D eigenvalue weighted by Gasteiger charge is 2.12. The van der Waals surface area contributed by atoms with Gasteiger partial charge in [0.2, 0.25) is 0 Å². The number of fused-ring (bicyclic) bond motifs is 1. The maximum Gasteiger partial charge on any atom is 0.259 e. The lowest BCUT2D eigenvalue weighted by molar-refractivity contribution is 0.508. The minimum atomic E-state index is -0.976. The van der Waals surface area contributed by atoms with E-state index in [0.717, 1.165) is 22.6 Å². The SMILES string of the molecule is O=c1[nH]c(/C(Cl)=C/c2ccc(F)c(F)c2)nc2sc(-c3ccccc3)cc12. The Hall–Kier alpha value is -2.83. The number of benzene rings is 2. The zero-order chi connectivity index (χ0) is 19.0. The van der Waals surface area contributed by atoms with Crippen molar-refractivity contribution in [3.8, 4) is 10.4 Å². The molecular weight excluding hydrogens is 390 g/mol. The van der Waals surface area contributed by atoms with Crippen LogP contribution >= 0.6 is 22.9 Å². The van der Waals surface area contributed by atoms with Gasteiger partial charge in [-0.2, -0.15) is 0 Å². The third kappa shape index (κ3) is 3.54. The fraction of sp³-hybridized carbons (Fsp3) is 0. The molecule has 0 saturated carbocycles. The predicted octanol–water partition coefficient (Wildman–Crippen LogP) is 5.67. The number of hydrogen-bond acceptors (Lipinski definition) is 3. The standard InChI is InChI=1S/C20H11ClF2N2OS/c21-14(8-11-6-7-15(22)16(23)9-11)18-24-19(26)13-10-17(27-20(13)25-18)12-4-2-1-3-5-12/h1-10H,(H,24,25,26)/b14-8-. The molecule has 0 aliphatic rings. The molecular formula is C20H11ClF2N2OS. The van der Waals surface area contributed by atoms with E-state index in [2.05, 4.69) is 9.97 Å². The summed E-state index contributed by atoms with van der Waals surface area (Å²) in [6.45, 7) is 0. The predicted molar refractivity (Wildman–Crippen MR) is 106 cm³/mol. The van der Waals surface area contributed by atoms with Crippen LogP contribution in [0.1, 0.15) is 11.4 Å². The van der Waals surface area contributed by atoms with Crippen molar-refractivity contribution in [1.29, 1.82) is 0 Å². The molecule has 0 bridgehead atoms. The van der Waals surface area contributed by atoms with Crippen molar-refractivity contribution in [3.63, 3.8) is 0 Å². The Balaban J connectivity index is 1.77. The molecule has 27 heavy (non-hydrogen) atoms. The number of H-pyrrole nitrogens is 1. The molecule has 0 spiro atoms. The maximum absolute atomic E-state index is 13.3. The number of halogens is 3. The lowest BCUT2D eigenvalue weighted by Gasteiger charge is -2.00. The van der Waals surface area contributed by atoms with Crippen molar-refractivity contribution in [2.24, 2.45) is 0 Å².